The van der Waals surface area contributed by atoms with Crippen molar-refractivity contribution in [2.45, 2.75) is 24.7 Å². The number of amides is 2. The number of benzene rings is 3. The standard InChI is InChI=1S/C27H24ClFN2O2/c28-24-14-17(29)9-10-22(24)27(33)30-12-11-25(32)31-15-16-13-23-18-5-1-3-7-20(18)26(16)21-8-4-2-6-19(21)23/h1-10,14,16,23,26H,11-13,15H2,(H,30,33)(H,31,32). The van der Waals surface area contributed by atoms with E-state index < -0.39 is 11.7 Å². The second-order valence-corrected chi connectivity index (χ2v) is 9.13. The second kappa shape index (κ2) is 8.99. The molecule has 0 saturated heterocycles. The van der Waals surface area contributed by atoms with Crippen molar-refractivity contribution in [1.82, 2.24) is 10.6 Å². The van der Waals surface area contributed by atoms with E-state index in [-0.39, 0.29) is 35.4 Å². The summed E-state index contributed by atoms with van der Waals surface area (Å²) in [6, 6.07) is 20.9. The average Bonchev–Trinajstić information content (AvgIpc) is 2.83. The fourth-order valence-electron chi connectivity index (χ4n) is 5.35. The Kier molecular flexibility index (Phi) is 5.90. The van der Waals surface area contributed by atoms with Crippen LogP contribution in [-0.2, 0) is 4.79 Å². The molecule has 3 aliphatic rings. The van der Waals surface area contributed by atoms with Crippen LogP contribution in [0.4, 0.5) is 4.39 Å². The molecule has 3 aromatic rings. The lowest BCUT2D eigenvalue weighted by Crippen LogP contribution is -2.40. The van der Waals surface area contributed by atoms with Gasteiger partial charge in [-0.2, -0.15) is 0 Å². The first-order chi connectivity index (χ1) is 16.0. The summed E-state index contributed by atoms with van der Waals surface area (Å²) < 4.78 is 13.2. The molecule has 6 heteroatoms. The smallest absolute Gasteiger partial charge is 0.252 e. The molecule has 2 bridgehead atoms. The van der Waals surface area contributed by atoms with Gasteiger partial charge in [0.1, 0.15) is 5.82 Å². The van der Waals surface area contributed by atoms with Gasteiger partial charge in [-0.15, -0.1) is 0 Å². The van der Waals surface area contributed by atoms with Crippen LogP contribution in [0.25, 0.3) is 0 Å². The summed E-state index contributed by atoms with van der Waals surface area (Å²) in [7, 11) is 0. The molecule has 3 aromatic carbocycles. The molecule has 2 amide bonds. The van der Waals surface area contributed by atoms with Gasteiger partial charge in [0.25, 0.3) is 5.91 Å². The SMILES string of the molecule is O=C(CCNC(=O)c1ccc(F)cc1Cl)NCC1CC2c3ccccc3C1c1ccccc12. The van der Waals surface area contributed by atoms with Gasteiger partial charge < -0.3 is 10.6 Å². The Morgan fingerprint density at radius 3 is 2.18 bits per heavy atom. The monoisotopic (exact) mass is 462 g/mol. The van der Waals surface area contributed by atoms with Crippen LogP contribution in [0.2, 0.25) is 5.02 Å². The third-order valence-electron chi connectivity index (χ3n) is 6.80. The maximum atomic E-state index is 13.2. The molecule has 0 saturated carbocycles. The zero-order chi connectivity index (χ0) is 22.9. The van der Waals surface area contributed by atoms with Gasteiger partial charge in [-0.05, 0) is 52.8 Å². The molecule has 3 aliphatic carbocycles. The summed E-state index contributed by atoms with van der Waals surface area (Å²) in [5, 5.41) is 5.79. The van der Waals surface area contributed by atoms with Crippen molar-refractivity contribution in [3.8, 4) is 0 Å². The Bertz CT molecular complexity index is 1180. The molecule has 2 N–H and O–H groups in total. The molecule has 6 rings (SSSR count). The lowest BCUT2D eigenvalue weighted by atomic mass is 9.59. The predicted molar refractivity (Wildman–Crippen MR) is 126 cm³/mol. The summed E-state index contributed by atoms with van der Waals surface area (Å²) >= 11 is 5.92. The first kappa shape index (κ1) is 21.7. The van der Waals surface area contributed by atoms with E-state index in [1.807, 2.05) is 0 Å². The van der Waals surface area contributed by atoms with Gasteiger partial charge in [-0.1, -0.05) is 60.1 Å². The van der Waals surface area contributed by atoms with Gasteiger partial charge >= 0.3 is 0 Å². The highest BCUT2D eigenvalue weighted by Crippen LogP contribution is 2.55. The topological polar surface area (TPSA) is 58.2 Å². The van der Waals surface area contributed by atoms with Crippen LogP contribution in [0.5, 0.6) is 0 Å². The summed E-state index contributed by atoms with van der Waals surface area (Å²) in [6.45, 7) is 0.779. The minimum absolute atomic E-state index is 0.0462. The van der Waals surface area contributed by atoms with Crippen molar-refractivity contribution in [3.63, 3.8) is 0 Å². The largest absolute Gasteiger partial charge is 0.356 e. The summed E-state index contributed by atoms with van der Waals surface area (Å²) in [5.74, 6) is -0.0601. The van der Waals surface area contributed by atoms with Crippen molar-refractivity contribution in [1.29, 1.82) is 0 Å². The third kappa shape index (κ3) is 4.13. The van der Waals surface area contributed by atoms with Gasteiger partial charge in [0, 0.05) is 31.3 Å². The molecule has 0 fully saturated rings. The van der Waals surface area contributed by atoms with E-state index in [0.717, 1.165) is 12.5 Å². The van der Waals surface area contributed by atoms with Gasteiger partial charge in [-0.3, -0.25) is 9.59 Å². The first-order valence-electron chi connectivity index (χ1n) is 11.2. The van der Waals surface area contributed by atoms with Crippen LogP contribution in [0.3, 0.4) is 0 Å². The highest BCUT2D eigenvalue weighted by atomic mass is 35.5. The lowest BCUT2D eigenvalue weighted by Gasteiger charge is -2.45. The molecule has 1 atom stereocenters. The Labute approximate surface area is 197 Å². The normalized spacial score (nSPS) is 20.0. The minimum Gasteiger partial charge on any atom is -0.356 e. The van der Waals surface area contributed by atoms with E-state index in [9.17, 15) is 14.0 Å². The fourth-order valence-corrected chi connectivity index (χ4v) is 5.60. The summed E-state index contributed by atoms with van der Waals surface area (Å²) in [6.07, 6.45) is 1.18. The van der Waals surface area contributed by atoms with E-state index in [1.165, 1.54) is 34.4 Å². The number of hydrogen-bond acceptors (Lipinski definition) is 2. The maximum absolute atomic E-state index is 13.2. The van der Waals surface area contributed by atoms with Crippen LogP contribution in [0.1, 0.15) is 57.3 Å². The molecular formula is C27H24ClFN2O2. The summed E-state index contributed by atoms with van der Waals surface area (Å²) in [5.41, 5.74) is 5.75. The maximum Gasteiger partial charge on any atom is 0.252 e. The highest BCUT2D eigenvalue weighted by Gasteiger charge is 2.42. The van der Waals surface area contributed by atoms with Crippen molar-refractivity contribution >= 4 is 23.4 Å². The summed E-state index contributed by atoms with van der Waals surface area (Å²) in [4.78, 5) is 24.7. The minimum atomic E-state index is -0.502. The number of fused-ring (bicyclic) bond motifs is 1. The number of rotatable bonds is 6. The van der Waals surface area contributed by atoms with E-state index in [1.54, 1.807) is 0 Å². The molecule has 0 spiro atoms. The molecule has 168 valence electrons. The Morgan fingerprint density at radius 1 is 0.909 bits per heavy atom. The molecule has 0 aliphatic heterocycles. The van der Waals surface area contributed by atoms with E-state index in [2.05, 4.69) is 59.2 Å². The Balaban J connectivity index is 1.18. The van der Waals surface area contributed by atoms with Gasteiger partial charge in [0.2, 0.25) is 5.91 Å². The first-order valence-corrected chi connectivity index (χ1v) is 11.6. The molecule has 0 aromatic heterocycles. The number of carbonyl (C=O) groups excluding carboxylic acids is 2. The van der Waals surface area contributed by atoms with Crippen LogP contribution in [-0.4, -0.2) is 24.9 Å². The fraction of sp³-hybridized carbons (Fsp3) is 0.259. The van der Waals surface area contributed by atoms with Crippen molar-refractivity contribution in [3.05, 3.63) is 105 Å². The number of hydrogen-bond donors (Lipinski definition) is 2. The quantitative estimate of drug-likeness (QED) is 0.541. The van der Waals surface area contributed by atoms with Crippen LogP contribution in [0.15, 0.2) is 66.7 Å². The van der Waals surface area contributed by atoms with Crippen LogP contribution in [0, 0.1) is 11.7 Å². The van der Waals surface area contributed by atoms with Gasteiger partial charge in [0.05, 0.1) is 10.6 Å². The predicted octanol–water partition coefficient (Wildman–Crippen LogP) is 5.01. The zero-order valence-electron chi connectivity index (χ0n) is 18.0. The van der Waals surface area contributed by atoms with E-state index >= 15 is 0 Å². The number of carbonyl (C=O) groups is 2. The van der Waals surface area contributed by atoms with E-state index in [4.69, 9.17) is 11.6 Å². The third-order valence-corrected chi connectivity index (χ3v) is 7.11. The molecule has 4 nitrogen and oxygen atoms in total. The van der Waals surface area contributed by atoms with Crippen molar-refractivity contribution < 1.29 is 14.0 Å². The second-order valence-electron chi connectivity index (χ2n) is 8.72. The zero-order valence-corrected chi connectivity index (χ0v) is 18.7. The molecule has 0 heterocycles. The molecular weight excluding hydrogens is 439 g/mol. The number of nitrogens with one attached hydrogen (secondary N) is 2. The van der Waals surface area contributed by atoms with Crippen molar-refractivity contribution in [2.24, 2.45) is 5.92 Å². The van der Waals surface area contributed by atoms with Crippen LogP contribution < -0.4 is 10.6 Å². The number of halogens is 2. The van der Waals surface area contributed by atoms with Crippen molar-refractivity contribution in [2.75, 3.05) is 13.1 Å². The van der Waals surface area contributed by atoms with E-state index in [0.29, 0.717) is 18.4 Å². The lowest BCUT2D eigenvalue weighted by molar-refractivity contribution is -0.121. The molecule has 1 unspecified atom stereocenters. The molecule has 0 radical (unpaired) electrons. The Hall–Kier alpha value is -3.18. The average molecular weight is 463 g/mol. The highest BCUT2D eigenvalue weighted by molar-refractivity contribution is 6.33. The van der Waals surface area contributed by atoms with Gasteiger partial charge in [-0.25, -0.2) is 4.39 Å². The van der Waals surface area contributed by atoms with Crippen LogP contribution >= 0.6 is 11.6 Å². The van der Waals surface area contributed by atoms with Gasteiger partial charge in [0.15, 0.2) is 0 Å². The Morgan fingerprint density at radius 2 is 1.55 bits per heavy atom. The molecule has 33 heavy (non-hydrogen) atoms.